The van der Waals surface area contributed by atoms with Gasteiger partial charge < -0.3 is 5.32 Å². The van der Waals surface area contributed by atoms with Crippen molar-refractivity contribution >= 4 is 12.4 Å². The molecule has 1 saturated carbocycles. The van der Waals surface area contributed by atoms with Gasteiger partial charge in [-0.1, -0.05) is 0 Å². The van der Waals surface area contributed by atoms with E-state index in [0.29, 0.717) is 6.54 Å². The highest BCUT2D eigenvalue weighted by Gasteiger charge is 2.41. The first kappa shape index (κ1) is 13.1. The number of rotatable bonds is 3. The Morgan fingerprint density at radius 2 is 1.80 bits per heavy atom. The Labute approximate surface area is 93.6 Å². The van der Waals surface area contributed by atoms with E-state index >= 15 is 0 Å². The van der Waals surface area contributed by atoms with Gasteiger partial charge in [0, 0.05) is 18.6 Å². The highest BCUT2D eigenvalue weighted by Crippen LogP contribution is 2.32. The number of halogens is 4. The Morgan fingerprint density at radius 3 is 2.20 bits per heavy atom. The van der Waals surface area contributed by atoms with Crippen LogP contribution in [-0.2, 0) is 0 Å². The molecule has 0 aromatic carbocycles. The number of nitrogens with one attached hydrogen (secondary N) is 1. The summed E-state index contributed by atoms with van der Waals surface area (Å²) < 4.78 is 36.9. The zero-order chi connectivity index (χ0) is 10.2. The van der Waals surface area contributed by atoms with E-state index in [1.807, 2.05) is 0 Å². The highest BCUT2D eigenvalue weighted by molar-refractivity contribution is 5.85. The van der Waals surface area contributed by atoms with Gasteiger partial charge in [0.15, 0.2) is 0 Å². The summed E-state index contributed by atoms with van der Waals surface area (Å²) in [4.78, 5) is 1.64. The van der Waals surface area contributed by atoms with E-state index in [4.69, 9.17) is 0 Å². The summed E-state index contributed by atoms with van der Waals surface area (Å²) >= 11 is 0. The van der Waals surface area contributed by atoms with E-state index in [1.54, 1.807) is 4.90 Å². The molecule has 1 atom stereocenters. The third kappa shape index (κ3) is 3.81. The molecule has 1 N–H and O–H groups in total. The Bertz CT molecular complexity index is 200. The van der Waals surface area contributed by atoms with Crippen molar-refractivity contribution in [3.8, 4) is 0 Å². The van der Waals surface area contributed by atoms with Gasteiger partial charge in [0.2, 0.25) is 0 Å². The van der Waals surface area contributed by atoms with E-state index in [1.165, 1.54) is 0 Å². The summed E-state index contributed by atoms with van der Waals surface area (Å²) in [6.07, 6.45) is -1.32. The molecule has 1 heterocycles. The van der Waals surface area contributed by atoms with Crippen molar-refractivity contribution in [2.45, 2.75) is 37.5 Å². The predicted molar refractivity (Wildman–Crippen MR) is 54.3 cm³/mol. The minimum absolute atomic E-state index is 0. The van der Waals surface area contributed by atoms with Gasteiger partial charge in [0.25, 0.3) is 0 Å². The van der Waals surface area contributed by atoms with Crippen molar-refractivity contribution in [2.75, 3.05) is 19.6 Å². The Kier molecular flexibility index (Phi) is 4.26. The standard InChI is InChI=1S/C9H15F3N2.ClH/c10-9(11,12)6-14(7-1-2-7)8-3-4-13-5-8;/h7-8,13H,1-6H2;1H. The van der Waals surface area contributed by atoms with Crippen LogP contribution in [0.4, 0.5) is 13.2 Å². The Morgan fingerprint density at radius 1 is 1.13 bits per heavy atom. The monoisotopic (exact) mass is 244 g/mol. The summed E-state index contributed by atoms with van der Waals surface area (Å²) in [5, 5.41) is 3.11. The van der Waals surface area contributed by atoms with E-state index in [2.05, 4.69) is 5.32 Å². The minimum atomic E-state index is -4.05. The maximum absolute atomic E-state index is 12.3. The molecule has 2 aliphatic rings. The van der Waals surface area contributed by atoms with Crippen LogP contribution in [0, 0.1) is 0 Å². The number of nitrogens with zero attached hydrogens (tertiary/aromatic N) is 1. The van der Waals surface area contributed by atoms with Crippen LogP contribution in [0.5, 0.6) is 0 Å². The number of hydrogen-bond donors (Lipinski definition) is 1. The second-order valence-electron chi connectivity index (χ2n) is 4.17. The summed E-state index contributed by atoms with van der Waals surface area (Å²) in [5.41, 5.74) is 0. The first-order valence-electron chi connectivity index (χ1n) is 5.09. The first-order chi connectivity index (χ1) is 6.56. The van der Waals surface area contributed by atoms with Crippen molar-refractivity contribution in [3.63, 3.8) is 0 Å². The fourth-order valence-electron chi connectivity index (χ4n) is 2.09. The van der Waals surface area contributed by atoms with Crippen molar-refractivity contribution in [1.82, 2.24) is 10.2 Å². The summed E-state index contributed by atoms with van der Waals surface area (Å²) in [6.45, 7) is 0.836. The lowest BCUT2D eigenvalue weighted by Gasteiger charge is -2.28. The smallest absolute Gasteiger partial charge is 0.315 e. The van der Waals surface area contributed by atoms with Crippen LogP contribution in [0.15, 0.2) is 0 Å². The summed E-state index contributed by atoms with van der Waals surface area (Å²) in [5.74, 6) is 0. The molecule has 1 aliphatic heterocycles. The minimum Gasteiger partial charge on any atom is -0.315 e. The van der Waals surface area contributed by atoms with Crippen LogP contribution in [0.25, 0.3) is 0 Å². The molecule has 0 aromatic heterocycles. The molecule has 0 spiro atoms. The van der Waals surface area contributed by atoms with Crippen LogP contribution in [0.3, 0.4) is 0 Å². The van der Waals surface area contributed by atoms with Gasteiger partial charge in [-0.15, -0.1) is 12.4 Å². The summed E-state index contributed by atoms with van der Waals surface area (Å²) in [6, 6.07) is 0.297. The SMILES string of the molecule is Cl.FC(F)(F)CN(C1CC1)C1CCNC1. The fraction of sp³-hybridized carbons (Fsp3) is 1.00. The molecule has 1 saturated heterocycles. The third-order valence-corrected chi connectivity index (χ3v) is 2.88. The second-order valence-corrected chi connectivity index (χ2v) is 4.17. The average Bonchev–Trinajstić information content (AvgIpc) is 2.75. The van der Waals surface area contributed by atoms with Gasteiger partial charge in [-0.05, 0) is 25.8 Å². The largest absolute Gasteiger partial charge is 0.401 e. The van der Waals surface area contributed by atoms with Gasteiger partial charge in [-0.2, -0.15) is 13.2 Å². The van der Waals surface area contributed by atoms with Gasteiger partial charge in [-0.25, -0.2) is 0 Å². The van der Waals surface area contributed by atoms with Crippen LogP contribution < -0.4 is 5.32 Å². The normalized spacial score (nSPS) is 26.8. The molecule has 6 heteroatoms. The maximum atomic E-state index is 12.3. The molecule has 2 fully saturated rings. The zero-order valence-corrected chi connectivity index (χ0v) is 9.20. The van der Waals surface area contributed by atoms with Gasteiger partial charge in [0.05, 0.1) is 6.54 Å². The predicted octanol–water partition coefficient (Wildman–Crippen LogP) is 1.80. The van der Waals surface area contributed by atoms with E-state index in [-0.39, 0.29) is 24.5 Å². The van der Waals surface area contributed by atoms with Gasteiger partial charge in [-0.3, -0.25) is 4.90 Å². The zero-order valence-electron chi connectivity index (χ0n) is 8.39. The molecule has 2 nitrogen and oxygen atoms in total. The molecule has 0 amide bonds. The van der Waals surface area contributed by atoms with E-state index in [9.17, 15) is 13.2 Å². The first-order valence-corrected chi connectivity index (χ1v) is 5.09. The molecular formula is C9H16ClF3N2. The molecule has 15 heavy (non-hydrogen) atoms. The molecule has 2 rings (SSSR count). The lowest BCUT2D eigenvalue weighted by Crippen LogP contribution is -2.44. The highest BCUT2D eigenvalue weighted by atomic mass is 35.5. The van der Waals surface area contributed by atoms with Crippen LogP contribution >= 0.6 is 12.4 Å². The molecule has 0 radical (unpaired) electrons. The second kappa shape index (κ2) is 4.89. The van der Waals surface area contributed by atoms with Gasteiger partial charge >= 0.3 is 6.18 Å². The maximum Gasteiger partial charge on any atom is 0.401 e. The summed E-state index contributed by atoms with van der Waals surface area (Å²) in [7, 11) is 0. The Hall–Kier alpha value is -0.0000000000000000416. The van der Waals surface area contributed by atoms with Crippen molar-refractivity contribution in [2.24, 2.45) is 0 Å². The van der Waals surface area contributed by atoms with Crippen molar-refractivity contribution in [1.29, 1.82) is 0 Å². The van der Waals surface area contributed by atoms with E-state index in [0.717, 1.165) is 25.8 Å². The fourth-order valence-corrected chi connectivity index (χ4v) is 2.09. The Balaban J connectivity index is 0.00000112. The lowest BCUT2D eigenvalue weighted by molar-refractivity contribution is -0.151. The molecular weight excluding hydrogens is 229 g/mol. The molecule has 1 unspecified atom stereocenters. The van der Waals surface area contributed by atoms with Crippen molar-refractivity contribution < 1.29 is 13.2 Å². The molecule has 90 valence electrons. The van der Waals surface area contributed by atoms with Crippen LogP contribution in [-0.4, -0.2) is 42.8 Å². The van der Waals surface area contributed by atoms with Crippen LogP contribution in [0.1, 0.15) is 19.3 Å². The molecule has 0 bridgehead atoms. The molecule has 1 aliphatic carbocycles. The van der Waals surface area contributed by atoms with Crippen molar-refractivity contribution in [3.05, 3.63) is 0 Å². The van der Waals surface area contributed by atoms with E-state index < -0.39 is 12.7 Å². The quantitative estimate of drug-likeness (QED) is 0.815. The van der Waals surface area contributed by atoms with Gasteiger partial charge in [0.1, 0.15) is 0 Å². The lowest BCUT2D eigenvalue weighted by atomic mass is 10.2. The number of hydrogen-bond acceptors (Lipinski definition) is 2. The average molecular weight is 245 g/mol. The molecule has 0 aromatic rings. The number of alkyl halides is 3. The van der Waals surface area contributed by atoms with Crippen LogP contribution in [0.2, 0.25) is 0 Å². The third-order valence-electron chi connectivity index (χ3n) is 2.88. The topological polar surface area (TPSA) is 15.3 Å².